The second-order valence-corrected chi connectivity index (χ2v) is 5.28. The zero-order chi connectivity index (χ0) is 13.7. The van der Waals surface area contributed by atoms with Gasteiger partial charge in [0.2, 0.25) is 0 Å². The first-order valence-corrected chi connectivity index (χ1v) is 6.55. The van der Waals surface area contributed by atoms with Crippen molar-refractivity contribution in [3.63, 3.8) is 0 Å². The van der Waals surface area contributed by atoms with Crippen LogP contribution >= 0.6 is 23.8 Å². The number of nitrogens with zero attached hydrogens (tertiary/aromatic N) is 1. The number of thiocarbonyl (C=S) groups is 1. The lowest BCUT2D eigenvalue weighted by Crippen LogP contribution is -2.38. The van der Waals surface area contributed by atoms with Crippen LogP contribution in [0.1, 0.15) is 30.6 Å². The van der Waals surface area contributed by atoms with Crippen LogP contribution in [0.25, 0.3) is 0 Å². The number of carbonyl (C=O) groups excluding carboxylic acids is 1. The normalized spacial score (nSPS) is 10.4. The van der Waals surface area contributed by atoms with Crippen molar-refractivity contribution in [3.05, 3.63) is 34.9 Å². The fourth-order valence-corrected chi connectivity index (χ4v) is 1.80. The van der Waals surface area contributed by atoms with Crippen molar-refractivity contribution in [1.82, 2.24) is 4.90 Å². The Kier molecular flexibility index (Phi) is 5.56. The highest BCUT2D eigenvalue weighted by atomic mass is 35.5. The van der Waals surface area contributed by atoms with E-state index < -0.39 is 0 Å². The number of benzene rings is 1. The van der Waals surface area contributed by atoms with Crippen LogP contribution in [0.2, 0.25) is 5.02 Å². The zero-order valence-electron chi connectivity index (χ0n) is 10.5. The maximum Gasteiger partial charge on any atom is 0.254 e. The topological polar surface area (TPSA) is 46.3 Å². The molecule has 0 aromatic heterocycles. The van der Waals surface area contributed by atoms with Crippen LogP contribution in [0.15, 0.2) is 24.3 Å². The molecular formula is C13H17ClN2OS. The van der Waals surface area contributed by atoms with Crippen LogP contribution in [-0.4, -0.2) is 28.4 Å². The van der Waals surface area contributed by atoms with Crippen molar-refractivity contribution in [2.45, 2.75) is 26.3 Å². The van der Waals surface area contributed by atoms with E-state index in [0.29, 0.717) is 28.5 Å². The molecule has 1 aromatic carbocycles. The van der Waals surface area contributed by atoms with Gasteiger partial charge in [-0.1, -0.05) is 23.8 Å². The van der Waals surface area contributed by atoms with Crippen molar-refractivity contribution >= 4 is 34.7 Å². The van der Waals surface area contributed by atoms with Crippen LogP contribution in [0.4, 0.5) is 0 Å². The Morgan fingerprint density at radius 2 is 1.94 bits per heavy atom. The van der Waals surface area contributed by atoms with Crippen molar-refractivity contribution in [2.24, 2.45) is 5.73 Å². The minimum Gasteiger partial charge on any atom is -0.393 e. The third kappa shape index (κ3) is 4.27. The summed E-state index contributed by atoms with van der Waals surface area (Å²) in [7, 11) is 0. The minimum atomic E-state index is -0.0297. The number of halogens is 1. The first-order chi connectivity index (χ1) is 8.41. The Bertz CT molecular complexity index is 431. The molecule has 0 fully saturated rings. The molecular weight excluding hydrogens is 268 g/mol. The van der Waals surface area contributed by atoms with E-state index in [-0.39, 0.29) is 11.9 Å². The predicted octanol–water partition coefficient (Wildman–Crippen LogP) is 2.87. The van der Waals surface area contributed by atoms with Crippen molar-refractivity contribution in [3.8, 4) is 0 Å². The fraction of sp³-hybridized carbons (Fsp3) is 0.385. The summed E-state index contributed by atoms with van der Waals surface area (Å²) in [5, 5.41) is 0.616. The molecule has 0 spiro atoms. The van der Waals surface area contributed by atoms with Crippen molar-refractivity contribution in [1.29, 1.82) is 0 Å². The molecule has 3 nitrogen and oxygen atoms in total. The molecule has 1 aromatic rings. The van der Waals surface area contributed by atoms with Crippen LogP contribution < -0.4 is 5.73 Å². The third-order valence-electron chi connectivity index (χ3n) is 2.57. The van der Waals surface area contributed by atoms with Gasteiger partial charge in [0.05, 0.1) is 4.99 Å². The monoisotopic (exact) mass is 284 g/mol. The van der Waals surface area contributed by atoms with Gasteiger partial charge in [0.1, 0.15) is 0 Å². The Labute approximate surface area is 118 Å². The van der Waals surface area contributed by atoms with Gasteiger partial charge in [-0.15, -0.1) is 0 Å². The van der Waals surface area contributed by atoms with E-state index in [9.17, 15) is 4.79 Å². The summed E-state index contributed by atoms with van der Waals surface area (Å²) >= 11 is 10.6. The molecule has 18 heavy (non-hydrogen) atoms. The van der Waals surface area contributed by atoms with Gasteiger partial charge < -0.3 is 10.6 Å². The van der Waals surface area contributed by atoms with Gasteiger partial charge in [-0.2, -0.15) is 0 Å². The zero-order valence-corrected chi connectivity index (χ0v) is 12.1. The van der Waals surface area contributed by atoms with Crippen LogP contribution in [0.3, 0.4) is 0 Å². The highest BCUT2D eigenvalue weighted by Crippen LogP contribution is 2.13. The highest BCUT2D eigenvalue weighted by Gasteiger charge is 2.18. The molecule has 0 atom stereocenters. The van der Waals surface area contributed by atoms with Crippen LogP contribution in [-0.2, 0) is 0 Å². The van der Waals surface area contributed by atoms with E-state index >= 15 is 0 Å². The van der Waals surface area contributed by atoms with E-state index in [4.69, 9.17) is 29.6 Å². The predicted molar refractivity (Wildman–Crippen MR) is 79.0 cm³/mol. The number of carbonyl (C=O) groups is 1. The number of nitrogens with two attached hydrogens (primary N) is 1. The number of hydrogen-bond donors (Lipinski definition) is 1. The van der Waals surface area contributed by atoms with Gasteiger partial charge in [-0.05, 0) is 38.1 Å². The average Bonchev–Trinajstić information content (AvgIpc) is 2.29. The summed E-state index contributed by atoms with van der Waals surface area (Å²) in [5.41, 5.74) is 6.10. The maximum absolute atomic E-state index is 12.3. The van der Waals surface area contributed by atoms with Crippen molar-refractivity contribution < 1.29 is 4.79 Å². The number of rotatable bonds is 5. The Morgan fingerprint density at radius 1 is 1.39 bits per heavy atom. The molecule has 0 heterocycles. The lowest BCUT2D eigenvalue weighted by Gasteiger charge is -2.26. The SMILES string of the molecule is CC(C)N(CCC(N)=S)C(=O)c1ccc(Cl)cc1. The molecule has 1 rings (SSSR count). The molecule has 0 aliphatic heterocycles. The molecule has 0 aliphatic rings. The molecule has 2 N–H and O–H groups in total. The summed E-state index contributed by atoms with van der Waals surface area (Å²) in [5.74, 6) is -0.0297. The second kappa shape index (κ2) is 6.71. The quantitative estimate of drug-likeness (QED) is 0.846. The average molecular weight is 285 g/mol. The first kappa shape index (κ1) is 14.9. The van der Waals surface area contributed by atoms with E-state index in [2.05, 4.69) is 0 Å². The Morgan fingerprint density at radius 3 is 2.39 bits per heavy atom. The number of amides is 1. The lowest BCUT2D eigenvalue weighted by atomic mass is 10.1. The molecule has 0 bridgehead atoms. The molecule has 0 radical (unpaired) electrons. The molecule has 5 heteroatoms. The van der Waals surface area contributed by atoms with Gasteiger partial charge >= 0.3 is 0 Å². The Hall–Kier alpha value is -1.13. The largest absolute Gasteiger partial charge is 0.393 e. The fourth-order valence-electron chi connectivity index (χ4n) is 1.58. The smallest absolute Gasteiger partial charge is 0.254 e. The molecule has 1 amide bonds. The number of hydrogen-bond acceptors (Lipinski definition) is 2. The summed E-state index contributed by atoms with van der Waals surface area (Å²) in [4.78, 5) is 14.5. The molecule has 0 saturated heterocycles. The molecule has 0 aliphatic carbocycles. The first-order valence-electron chi connectivity index (χ1n) is 5.76. The standard InChI is InChI=1S/C13H17ClN2OS/c1-9(2)16(8-7-12(15)18)13(17)10-3-5-11(14)6-4-10/h3-6,9H,7-8H2,1-2H3,(H2,15,18). The van der Waals surface area contributed by atoms with E-state index in [1.165, 1.54) is 0 Å². The molecule has 0 saturated carbocycles. The maximum atomic E-state index is 12.3. The second-order valence-electron chi connectivity index (χ2n) is 4.32. The molecule has 98 valence electrons. The van der Waals surface area contributed by atoms with Crippen molar-refractivity contribution in [2.75, 3.05) is 6.54 Å². The summed E-state index contributed by atoms with van der Waals surface area (Å²) in [6, 6.07) is 6.96. The van der Waals surface area contributed by atoms with Gasteiger partial charge in [0.15, 0.2) is 0 Å². The summed E-state index contributed by atoms with van der Waals surface area (Å²) in [6.07, 6.45) is 0.535. The summed E-state index contributed by atoms with van der Waals surface area (Å²) in [6.45, 7) is 4.47. The van der Waals surface area contributed by atoms with Crippen LogP contribution in [0, 0.1) is 0 Å². The minimum absolute atomic E-state index is 0.0297. The Balaban J connectivity index is 2.82. The van der Waals surface area contributed by atoms with Gasteiger partial charge in [-0.25, -0.2) is 0 Å². The van der Waals surface area contributed by atoms with Gasteiger partial charge in [-0.3, -0.25) is 4.79 Å². The van der Waals surface area contributed by atoms with Gasteiger partial charge in [0.25, 0.3) is 5.91 Å². The van der Waals surface area contributed by atoms with E-state index in [1.54, 1.807) is 29.2 Å². The van der Waals surface area contributed by atoms with Gasteiger partial charge in [0, 0.05) is 29.6 Å². The van der Waals surface area contributed by atoms with Crippen LogP contribution in [0.5, 0.6) is 0 Å². The lowest BCUT2D eigenvalue weighted by molar-refractivity contribution is 0.0711. The van der Waals surface area contributed by atoms with E-state index in [1.807, 2.05) is 13.8 Å². The molecule has 0 unspecified atom stereocenters. The summed E-state index contributed by atoms with van der Waals surface area (Å²) < 4.78 is 0. The highest BCUT2D eigenvalue weighted by molar-refractivity contribution is 7.80. The third-order valence-corrected chi connectivity index (χ3v) is 3.03. The van der Waals surface area contributed by atoms with E-state index in [0.717, 1.165) is 0 Å².